The lowest BCUT2D eigenvalue weighted by Crippen LogP contribution is -1.97. The normalized spacial score (nSPS) is 12.0. The summed E-state index contributed by atoms with van der Waals surface area (Å²) in [5, 5.41) is 0. The van der Waals surface area contributed by atoms with Gasteiger partial charge in [0.2, 0.25) is 0 Å². The molecule has 0 nitrogen and oxygen atoms in total. The molecule has 0 aliphatic rings. The highest BCUT2D eigenvalue weighted by molar-refractivity contribution is 5.73. The van der Waals surface area contributed by atoms with Crippen LogP contribution in [0.2, 0.25) is 0 Å². The Morgan fingerprint density at radius 2 is 1.08 bits per heavy atom. The van der Waals surface area contributed by atoms with Gasteiger partial charge in [-0.25, -0.2) is 30.7 Å². The lowest BCUT2D eigenvalue weighted by atomic mass is 9.97. The van der Waals surface area contributed by atoms with Gasteiger partial charge in [0.05, 0.1) is 0 Å². The molecule has 0 N–H and O–H groups in total. The summed E-state index contributed by atoms with van der Waals surface area (Å²) in [5.41, 5.74) is 2.00. The van der Waals surface area contributed by atoms with Crippen LogP contribution in [-0.2, 0) is 12.8 Å². The summed E-state index contributed by atoms with van der Waals surface area (Å²) in [6.07, 6.45) is 0.713. The molecule has 4 rings (SSSR count). The van der Waals surface area contributed by atoms with E-state index in [4.69, 9.17) is 0 Å². The van der Waals surface area contributed by atoms with Crippen LogP contribution < -0.4 is 0 Å². The predicted octanol–water partition coefficient (Wildman–Crippen LogP) is 9.13. The minimum absolute atomic E-state index is 0.0394. The second kappa shape index (κ2) is 10.4. The molecule has 0 spiro atoms. The topological polar surface area (TPSA) is 0 Å². The minimum Gasteiger partial charge on any atom is -0.209 e. The lowest BCUT2D eigenvalue weighted by Gasteiger charge is -2.10. The molecule has 36 heavy (non-hydrogen) atoms. The number of rotatable bonds is 6. The molecule has 0 aliphatic heterocycles. The van der Waals surface area contributed by atoms with E-state index in [1.165, 1.54) is 24.3 Å². The van der Waals surface area contributed by atoms with Crippen molar-refractivity contribution in [3.63, 3.8) is 0 Å². The second-order valence-corrected chi connectivity index (χ2v) is 8.31. The molecule has 4 aromatic carbocycles. The van der Waals surface area contributed by atoms with Crippen LogP contribution in [0, 0.1) is 29.1 Å². The molecule has 184 valence electrons. The highest BCUT2D eigenvalue weighted by Crippen LogP contribution is 2.32. The van der Waals surface area contributed by atoms with Crippen molar-refractivity contribution in [3.8, 4) is 22.3 Å². The zero-order valence-corrected chi connectivity index (χ0v) is 19.0. The maximum atomic E-state index is 14.9. The molecule has 0 radical (unpaired) electrons. The van der Waals surface area contributed by atoms with E-state index in [0.717, 1.165) is 36.8 Å². The fourth-order valence-electron chi connectivity index (χ4n) is 3.89. The van der Waals surface area contributed by atoms with Crippen molar-refractivity contribution < 1.29 is 30.7 Å². The first kappa shape index (κ1) is 25.2. The molecule has 7 heteroatoms. The number of allylic oxidation sites excluding steroid dienone is 1. The summed E-state index contributed by atoms with van der Waals surface area (Å²) in [6.45, 7) is 0.926. The summed E-state index contributed by atoms with van der Waals surface area (Å²) in [7, 11) is 0. The van der Waals surface area contributed by atoms with Gasteiger partial charge in [-0.3, -0.25) is 0 Å². The number of hydrogen-bond acceptors (Lipinski definition) is 0. The van der Waals surface area contributed by atoms with Crippen LogP contribution in [0.5, 0.6) is 0 Å². The number of benzene rings is 4. The van der Waals surface area contributed by atoms with E-state index < -0.39 is 40.7 Å². The molecule has 0 aromatic heterocycles. The van der Waals surface area contributed by atoms with Crippen LogP contribution in [0.25, 0.3) is 28.1 Å². The molecule has 4 aromatic rings. The number of hydrogen-bond donors (Lipinski definition) is 0. The molecular weight excluding hydrogens is 481 g/mol. The molecular formula is C29H19F7. The first-order chi connectivity index (χ1) is 17.1. The van der Waals surface area contributed by atoms with E-state index in [1.54, 1.807) is 24.3 Å². The van der Waals surface area contributed by atoms with E-state index in [9.17, 15) is 30.7 Å². The third-order valence-electron chi connectivity index (χ3n) is 5.82. The van der Waals surface area contributed by atoms with Gasteiger partial charge < -0.3 is 0 Å². The van der Waals surface area contributed by atoms with E-state index in [1.807, 2.05) is 0 Å². The average Bonchev–Trinajstić information content (AvgIpc) is 2.85. The molecule has 0 atom stereocenters. The van der Waals surface area contributed by atoms with Gasteiger partial charge >= 0.3 is 0 Å². The van der Waals surface area contributed by atoms with Crippen LogP contribution in [0.1, 0.15) is 23.6 Å². The van der Waals surface area contributed by atoms with Crippen molar-refractivity contribution in [2.75, 3.05) is 0 Å². The molecule has 0 unspecified atom stereocenters. The van der Waals surface area contributed by atoms with Gasteiger partial charge in [0.15, 0.2) is 23.3 Å². The highest BCUT2D eigenvalue weighted by Gasteiger charge is 2.14. The largest absolute Gasteiger partial charge is 0.209 e. The molecule has 0 heterocycles. The Morgan fingerprint density at radius 3 is 1.67 bits per heavy atom. The number of halogens is 7. The number of aryl methyl sites for hydroxylation is 2. The van der Waals surface area contributed by atoms with Crippen molar-refractivity contribution >= 4 is 5.83 Å². The summed E-state index contributed by atoms with van der Waals surface area (Å²) >= 11 is 0. The monoisotopic (exact) mass is 500 g/mol. The first-order valence-corrected chi connectivity index (χ1v) is 11.0. The third-order valence-corrected chi connectivity index (χ3v) is 5.82. The molecule has 0 aliphatic carbocycles. The third kappa shape index (κ3) is 5.35. The SMILES string of the molecule is CC(F)=C(F)c1ccc(-c2ccc(-c3ccc(CCc4cc(F)c(F)c(F)c4)cc3)c(F)c2)c(F)c1. The Kier molecular flexibility index (Phi) is 7.29. The summed E-state index contributed by atoms with van der Waals surface area (Å²) in [4.78, 5) is 0. The Hall–Kier alpha value is -3.87. The van der Waals surface area contributed by atoms with Crippen LogP contribution in [0.3, 0.4) is 0 Å². The Balaban J connectivity index is 1.50. The molecule has 0 saturated carbocycles. The van der Waals surface area contributed by atoms with Crippen molar-refractivity contribution in [3.05, 3.63) is 124 Å². The zero-order valence-electron chi connectivity index (χ0n) is 19.0. The van der Waals surface area contributed by atoms with E-state index in [-0.39, 0.29) is 28.7 Å². The maximum Gasteiger partial charge on any atom is 0.194 e. The zero-order chi connectivity index (χ0) is 26.0. The second-order valence-electron chi connectivity index (χ2n) is 8.31. The van der Waals surface area contributed by atoms with Gasteiger partial charge in [-0.15, -0.1) is 0 Å². The van der Waals surface area contributed by atoms with Crippen LogP contribution in [0.4, 0.5) is 30.7 Å². The summed E-state index contributed by atoms with van der Waals surface area (Å²) in [6, 6.07) is 16.3. The van der Waals surface area contributed by atoms with Crippen LogP contribution in [0.15, 0.2) is 78.6 Å². The molecule has 0 fully saturated rings. The van der Waals surface area contributed by atoms with Gasteiger partial charge in [-0.2, -0.15) is 0 Å². The van der Waals surface area contributed by atoms with E-state index >= 15 is 0 Å². The van der Waals surface area contributed by atoms with Crippen LogP contribution in [-0.4, -0.2) is 0 Å². The van der Waals surface area contributed by atoms with Gasteiger partial charge in [-0.1, -0.05) is 48.5 Å². The maximum absolute atomic E-state index is 14.9. The predicted molar refractivity (Wildman–Crippen MR) is 126 cm³/mol. The summed E-state index contributed by atoms with van der Waals surface area (Å²) < 4.78 is 96.1. The quantitative estimate of drug-likeness (QED) is 0.183. The van der Waals surface area contributed by atoms with E-state index in [2.05, 4.69) is 0 Å². The Labute approximate surface area is 203 Å². The molecule has 0 amide bonds. The summed E-state index contributed by atoms with van der Waals surface area (Å²) in [5.74, 6) is -7.64. The highest BCUT2D eigenvalue weighted by atomic mass is 19.2. The van der Waals surface area contributed by atoms with Gasteiger partial charge in [0, 0.05) is 16.7 Å². The van der Waals surface area contributed by atoms with Gasteiger partial charge in [-0.05, 0) is 66.3 Å². The van der Waals surface area contributed by atoms with Crippen molar-refractivity contribution in [2.24, 2.45) is 0 Å². The van der Waals surface area contributed by atoms with Crippen molar-refractivity contribution in [2.45, 2.75) is 19.8 Å². The fourth-order valence-corrected chi connectivity index (χ4v) is 3.89. The lowest BCUT2D eigenvalue weighted by molar-refractivity contribution is 0.445. The Morgan fingerprint density at radius 1 is 0.556 bits per heavy atom. The molecule has 0 saturated heterocycles. The van der Waals surface area contributed by atoms with Gasteiger partial charge in [0.25, 0.3) is 0 Å². The van der Waals surface area contributed by atoms with Crippen LogP contribution >= 0.6 is 0 Å². The average molecular weight is 500 g/mol. The standard InChI is InChI=1S/C29H19F7/c1-16(30)28(35)21-9-11-23(25(32)15-21)20-8-10-22(24(31)14-20)19-6-4-17(5-7-19)2-3-18-12-26(33)29(36)27(34)13-18/h4-15H,2-3H2,1H3. The van der Waals surface area contributed by atoms with Gasteiger partial charge in [0.1, 0.15) is 17.5 Å². The van der Waals surface area contributed by atoms with Crippen molar-refractivity contribution in [1.29, 1.82) is 0 Å². The fraction of sp³-hybridized carbons (Fsp3) is 0.103. The van der Waals surface area contributed by atoms with E-state index in [0.29, 0.717) is 17.5 Å². The van der Waals surface area contributed by atoms with Crippen molar-refractivity contribution in [1.82, 2.24) is 0 Å². The first-order valence-electron chi connectivity index (χ1n) is 11.0. The molecule has 0 bridgehead atoms. The Bertz CT molecular complexity index is 1430. The minimum atomic E-state index is -1.51. The smallest absolute Gasteiger partial charge is 0.194 e.